The van der Waals surface area contributed by atoms with Crippen molar-refractivity contribution in [3.63, 3.8) is 0 Å². The second kappa shape index (κ2) is 5.76. The predicted octanol–water partition coefficient (Wildman–Crippen LogP) is 0.956. The molecule has 5 nitrogen and oxygen atoms in total. The van der Waals surface area contributed by atoms with Crippen molar-refractivity contribution in [3.8, 4) is 0 Å². The lowest BCUT2D eigenvalue weighted by atomic mass is 9.96. The number of fused-ring (bicyclic) bond motifs is 2. The van der Waals surface area contributed by atoms with Crippen molar-refractivity contribution in [3.05, 3.63) is 0 Å². The lowest BCUT2D eigenvalue weighted by Gasteiger charge is -2.23. The van der Waals surface area contributed by atoms with Crippen LogP contribution in [0, 0.1) is 5.92 Å². The van der Waals surface area contributed by atoms with E-state index in [1.165, 1.54) is 45.2 Å². The van der Waals surface area contributed by atoms with Crippen LogP contribution in [-0.4, -0.2) is 61.8 Å². The monoisotopic (exact) mass is 292 g/mol. The van der Waals surface area contributed by atoms with Gasteiger partial charge in [-0.15, -0.1) is 0 Å². The Kier molecular flexibility index (Phi) is 3.79. The number of rotatable bonds is 4. The zero-order valence-corrected chi connectivity index (χ0v) is 13.1. The zero-order chi connectivity index (χ0) is 14.2. The third kappa shape index (κ3) is 3.04. The molecule has 4 rings (SSSR count). The van der Waals surface area contributed by atoms with Crippen LogP contribution in [0.2, 0.25) is 0 Å². The average molecular weight is 292 g/mol. The Morgan fingerprint density at radius 1 is 1.24 bits per heavy atom. The quantitative estimate of drug-likeness (QED) is 0.598. The van der Waals surface area contributed by atoms with E-state index >= 15 is 0 Å². The lowest BCUT2D eigenvalue weighted by molar-refractivity contribution is 0.0992. The van der Waals surface area contributed by atoms with Gasteiger partial charge in [-0.25, -0.2) is 0 Å². The number of likely N-dealkylation sites (tertiary alicyclic amines) is 1. The summed E-state index contributed by atoms with van der Waals surface area (Å²) in [5, 5.41) is 7.10. The Morgan fingerprint density at radius 2 is 2.14 bits per heavy atom. The molecule has 118 valence electrons. The molecular formula is C16H28N4O. The molecule has 0 aromatic rings. The molecule has 0 aromatic carbocycles. The summed E-state index contributed by atoms with van der Waals surface area (Å²) in [4.78, 5) is 7.06. The van der Waals surface area contributed by atoms with Crippen LogP contribution >= 0.6 is 0 Å². The minimum absolute atomic E-state index is 0.408. The van der Waals surface area contributed by atoms with Gasteiger partial charge in [0.25, 0.3) is 0 Å². The minimum atomic E-state index is 0.408. The molecule has 5 heteroatoms. The topological polar surface area (TPSA) is 48.9 Å². The van der Waals surface area contributed by atoms with Crippen molar-refractivity contribution in [1.29, 1.82) is 0 Å². The molecule has 0 radical (unpaired) electrons. The summed E-state index contributed by atoms with van der Waals surface area (Å²) < 4.78 is 5.90. The number of ether oxygens (including phenoxy) is 1. The smallest absolute Gasteiger partial charge is 0.191 e. The van der Waals surface area contributed by atoms with E-state index in [1.54, 1.807) is 0 Å². The molecule has 4 fully saturated rings. The maximum absolute atomic E-state index is 5.90. The Hall–Kier alpha value is -0.810. The van der Waals surface area contributed by atoms with Crippen LogP contribution in [0.1, 0.15) is 38.5 Å². The number of guanidine groups is 1. The molecule has 1 saturated carbocycles. The first kappa shape index (κ1) is 13.8. The van der Waals surface area contributed by atoms with E-state index in [0.717, 1.165) is 30.9 Å². The first-order valence-electron chi connectivity index (χ1n) is 8.68. The SMILES string of the molecule is CN=C(NCC1CCN(C2CC2)C1)NC1CC2CCC1O2. The molecule has 21 heavy (non-hydrogen) atoms. The van der Waals surface area contributed by atoms with Crippen LogP contribution in [0.5, 0.6) is 0 Å². The van der Waals surface area contributed by atoms with Crippen LogP contribution in [-0.2, 0) is 4.74 Å². The van der Waals surface area contributed by atoms with Gasteiger partial charge in [0, 0.05) is 26.2 Å². The summed E-state index contributed by atoms with van der Waals surface area (Å²) in [6.45, 7) is 3.61. The van der Waals surface area contributed by atoms with Gasteiger partial charge < -0.3 is 20.3 Å². The van der Waals surface area contributed by atoms with E-state index in [9.17, 15) is 0 Å². The Bertz CT molecular complexity index is 409. The zero-order valence-electron chi connectivity index (χ0n) is 13.1. The Morgan fingerprint density at radius 3 is 2.81 bits per heavy atom. The largest absolute Gasteiger partial charge is 0.373 e. The van der Waals surface area contributed by atoms with Crippen LogP contribution < -0.4 is 10.6 Å². The first-order chi connectivity index (χ1) is 10.3. The third-order valence-electron chi connectivity index (χ3n) is 5.59. The Balaban J connectivity index is 1.22. The van der Waals surface area contributed by atoms with Gasteiger partial charge in [-0.2, -0.15) is 0 Å². The van der Waals surface area contributed by atoms with Crippen molar-refractivity contribution in [1.82, 2.24) is 15.5 Å². The average Bonchev–Trinajstić information content (AvgIpc) is 2.94. The highest BCUT2D eigenvalue weighted by Crippen LogP contribution is 2.34. The van der Waals surface area contributed by atoms with Gasteiger partial charge in [0.05, 0.1) is 18.2 Å². The second-order valence-electron chi connectivity index (χ2n) is 7.19. The van der Waals surface area contributed by atoms with Crippen molar-refractivity contribution in [2.75, 3.05) is 26.7 Å². The van der Waals surface area contributed by atoms with Crippen molar-refractivity contribution in [2.45, 2.75) is 62.8 Å². The van der Waals surface area contributed by atoms with Crippen LogP contribution in [0.3, 0.4) is 0 Å². The van der Waals surface area contributed by atoms with Crippen LogP contribution in [0.25, 0.3) is 0 Å². The molecule has 3 saturated heterocycles. The third-order valence-corrected chi connectivity index (χ3v) is 5.59. The number of hydrogen-bond donors (Lipinski definition) is 2. The van der Waals surface area contributed by atoms with Gasteiger partial charge in [0.1, 0.15) is 0 Å². The number of nitrogens with one attached hydrogen (secondary N) is 2. The fourth-order valence-corrected chi connectivity index (χ4v) is 4.20. The molecular weight excluding hydrogens is 264 g/mol. The summed E-state index contributed by atoms with van der Waals surface area (Å²) in [5.41, 5.74) is 0. The molecule has 3 heterocycles. The number of aliphatic imine (C=N–C) groups is 1. The van der Waals surface area contributed by atoms with Crippen LogP contribution in [0.15, 0.2) is 4.99 Å². The fraction of sp³-hybridized carbons (Fsp3) is 0.938. The van der Waals surface area contributed by atoms with Gasteiger partial charge in [-0.05, 0) is 51.0 Å². The van der Waals surface area contributed by atoms with E-state index in [-0.39, 0.29) is 0 Å². The highest BCUT2D eigenvalue weighted by molar-refractivity contribution is 5.80. The molecule has 1 aliphatic carbocycles. The summed E-state index contributed by atoms with van der Waals surface area (Å²) in [6, 6.07) is 1.38. The lowest BCUT2D eigenvalue weighted by Crippen LogP contribution is -2.48. The first-order valence-corrected chi connectivity index (χ1v) is 8.68. The maximum atomic E-state index is 5.90. The molecule has 0 spiro atoms. The summed E-state index contributed by atoms with van der Waals surface area (Å²) in [6.07, 6.45) is 8.67. The minimum Gasteiger partial charge on any atom is -0.373 e. The molecule has 0 amide bonds. The van der Waals surface area contributed by atoms with Gasteiger partial charge in [0.2, 0.25) is 0 Å². The van der Waals surface area contributed by atoms with Gasteiger partial charge >= 0.3 is 0 Å². The molecule has 2 bridgehead atoms. The summed E-state index contributed by atoms with van der Waals surface area (Å²) in [5.74, 6) is 1.74. The van der Waals surface area contributed by atoms with Crippen molar-refractivity contribution in [2.24, 2.45) is 10.9 Å². The van der Waals surface area contributed by atoms with Gasteiger partial charge in [-0.1, -0.05) is 0 Å². The highest BCUT2D eigenvalue weighted by atomic mass is 16.5. The molecule has 2 N–H and O–H groups in total. The molecule has 4 atom stereocenters. The van der Waals surface area contributed by atoms with Crippen molar-refractivity contribution < 1.29 is 4.74 Å². The predicted molar refractivity (Wildman–Crippen MR) is 83.5 cm³/mol. The fourth-order valence-electron chi connectivity index (χ4n) is 4.20. The van der Waals surface area contributed by atoms with E-state index in [2.05, 4.69) is 20.5 Å². The molecule has 4 aliphatic rings. The van der Waals surface area contributed by atoms with E-state index in [0.29, 0.717) is 18.2 Å². The van der Waals surface area contributed by atoms with Gasteiger partial charge in [-0.3, -0.25) is 4.99 Å². The van der Waals surface area contributed by atoms with E-state index in [1.807, 2.05) is 7.05 Å². The molecule has 4 unspecified atom stereocenters. The highest BCUT2D eigenvalue weighted by Gasteiger charge is 2.41. The van der Waals surface area contributed by atoms with E-state index < -0.39 is 0 Å². The standard InChI is InChI=1S/C16H28N4O/c1-17-16(19-14-8-13-4-5-15(14)21-13)18-9-11-6-7-20(10-11)12-2-3-12/h11-15H,2-10H2,1H3,(H2,17,18,19). The summed E-state index contributed by atoms with van der Waals surface area (Å²) >= 11 is 0. The van der Waals surface area contributed by atoms with E-state index in [4.69, 9.17) is 4.74 Å². The maximum Gasteiger partial charge on any atom is 0.191 e. The van der Waals surface area contributed by atoms with Crippen LogP contribution in [0.4, 0.5) is 0 Å². The van der Waals surface area contributed by atoms with Gasteiger partial charge in [0.15, 0.2) is 5.96 Å². The Labute approximate surface area is 127 Å². The molecule has 3 aliphatic heterocycles. The number of hydrogen-bond acceptors (Lipinski definition) is 3. The number of nitrogens with zero attached hydrogens (tertiary/aromatic N) is 2. The summed E-state index contributed by atoms with van der Waals surface area (Å²) in [7, 11) is 1.87. The molecule has 0 aromatic heterocycles. The second-order valence-corrected chi connectivity index (χ2v) is 7.19. The van der Waals surface area contributed by atoms with Crippen molar-refractivity contribution >= 4 is 5.96 Å². The normalized spacial score (nSPS) is 40.0.